The summed E-state index contributed by atoms with van der Waals surface area (Å²) in [5, 5.41) is 11.3. The summed E-state index contributed by atoms with van der Waals surface area (Å²) < 4.78 is 23.0. The van der Waals surface area contributed by atoms with E-state index in [-0.39, 0.29) is 13.2 Å². The van der Waals surface area contributed by atoms with Crippen LogP contribution in [0.2, 0.25) is 0 Å². The van der Waals surface area contributed by atoms with E-state index in [4.69, 9.17) is 23.9 Å². The fourth-order valence-corrected chi connectivity index (χ4v) is 3.34. The number of carbonyl (C=O) groups excluding carboxylic acids is 1. The highest BCUT2D eigenvalue weighted by atomic mass is 16.7. The molecule has 1 amide bonds. The van der Waals surface area contributed by atoms with Crippen LogP contribution in [0.4, 0.5) is 4.79 Å². The minimum atomic E-state index is -0.985. The number of amides is 1. The summed E-state index contributed by atoms with van der Waals surface area (Å²) in [6, 6.07) is 7.57. The normalized spacial score (nSPS) is 19.5. The van der Waals surface area contributed by atoms with Crippen molar-refractivity contribution in [3.8, 4) is 11.8 Å². The molecule has 1 aromatic carbocycles. The van der Waals surface area contributed by atoms with E-state index in [2.05, 4.69) is 17.2 Å². The molecule has 1 heterocycles. The van der Waals surface area contributed by atoms with Crippen molar-refractivity contribution in [3.05, 3.63) is 29.8 Å². The number of nitrogens with one attached hydrogen (secondary N) is 1. The quantitative estimate of drug-likeness (QED) is 0.350. The lowest BCUT2D eigenvalue weighted by atomic mass is 9.76. The fourth-order valence-electron chi connectivity index (χ4n) is 3.34. The van der Waals surface area contributed by atoms with Crippen LogP contribution in [0.15, 0.2) is 24.3 Å². The van der Waals surface area contributed by atoms with Crippen molar-refractivity contribution in [2.75, 3.05) is 19.8 Å². The van der Waals surface area contributed by atoms with Crippen molar-refractivity contribution in [1.29, 1.82) is 0 Å². The van der Waals surface area contributed by atoms with Gasteiger partial charge in [0.05, 0.1) is 17.7 Å². The molecule has 1 aliphatic heterocycles. The predicted molar refractivity (Wildman–Crippen MR) is 125 cm³/mol. The van der Waals surface area contributed by atoms with E-state index >= 15 is 0 Å². The van der Waals surface area contributed by atoms with E-state index in [1.807, 2.05) is 45.0 Å². The highest BCUT2D eigenvalue weighted by Crippen LogP contribution is 2.40. The molecule has 1 saturated heterocycles. The zero-order valence-electron chi connectivity index (χ0n) is 20.3. The molecule has 0 aliphatic carbocycles. The molecular weight excluding hydrogens is 425 g/mol. The Hall–Kier alpha value is -2.54. The van der Waals surface area contributed by atoms with Gasteiger partial charge in [0, 0.05) is 12.2 Å². The molecule has 0 aromatic heterocycles. The molecule has 1 aliphatic rings. The van der Waals surface area contributed by atoms with Gasteiger partial charge in [-0.05, 0) is 65.9 Å². The zero-order valence-corrected chi connectivity index (χ0v) is 20.3. The number of carbonyl (C=O) groups is 2. The predicted octanol–water partition coefficient (Wildman–Crippen LogP) is 2.72. The number of alkyl carbamates (subject to hydrolysis) is 1. The maximum Gasteiger partial charge on any atom is 0.496 e. The molecule has 0 radical (unpaired) electrons. The Morgan fingerprint density at radius 1 is 1.18 bits per heavy atom. The van der Waals surface area contributed by atoms with Crippen molar-refractivity contribution in [3.63, 3.8) is 0 Å². The van der Waals surface area contributed by atoms with Crippen LogP contribution in [0.3, 0.4) is 0 Å². The van der Waals surface area contributed by atoms with Gasteiger partial charge in [0.25, 0.3) is 0 Å². The Labute approximate surface area is 196 Å². The number of carboxylic acid groups (broad SMARTS) is 1. The second-order valence-electron chi connectivity index (χ2n) is 9.60. The lowest BCUT2D eigenvalue weighted by molar-refractivity contribution is -0.142. The number of aliphatic carboxylic acids is 1. The van der Waals surface area contributed by atoms with E-state index in [0.29, 0.717) is 19.4 Å². The van der Waals surface area contributed by atoms with Crippen LogP contribution < -0.4 is 10.8 Å². The number of benzene rings is 1. The minimum Gasteiger partial charge on any atom is -0.480 e. The average molecular weight is 459 g/mol. The van der Waals surface area contributed by atoms with Crippen LogP contribution in [0.5, 0.6) is 0 Å². The van der Waals surface area contributed by atoms with Crippen molar-refractivity contribution >= 4 is 24.6 Å². The Bertz CT molecular complexity index is 900. The molecule has 2 N–H and O–H groups in total. The molecular formula is C24H34BNO7. The van der Waals surface area contributed by atoms with Crippen LogP contribution in [-0.4, -0.2) is 60.8 Å². The van der Waals surface area contributed by atoms with Gasteiger partial charge in [-0.1, -0.05) is 30.0 Å². The highest BCUT2D eigenvalue weighted by Gasteiger charge is 2.54. The first-order valence-corrected chi connectivity index (χ1v) is 11.0. The third-order valence-electron chi connectivity index (χ3n) is 5.37. The zero-order chi connectivity index (χ0) is 24.7. The number of hydrogen-bond acceptors (Lipinski definition) is 6. The Kier molecular flexibility index (Phi) is 8.95. The van der Waals surface area contributed by atoms with Crippen LogP contribution in [0.1, 0.15) is 59.9 Å². The summed E-state index contributed by atoms with van der Waals surface area (Å²) >= 11 is 0. The van der Waals surface area contributed by atoms with Gasteiger partial charge in [0.2, 0.25) is 0 Å². The summed E-state index contributed by atoms with van der Waals surface area (Å²) in [4.78, 5) is 22.4. The lowest BCUT2D eigenvalue weighted by Crippen LogP contribution is -2.44. The lowest BCUT2D eigenvalue weighted by Gasteiger charge is -2.36. The molecule has 1 atom stereocenters. The van der Waals surface area contributed by atoms with Gasteiger partial charge in [-0.2, -0.15) is 0 Å². The maximum atomic E-state index is 11.8. The van der Waals surface area contributed by atoms with Crippen LogP contribution >= 0.6 is 0 Å². The number of hydrogen-bond donors (Lipinski definition) is 2. The fraction of sp³-hybridized carbons (Fsp3) is 0.583. The molecule has 1 fully saturated rings. The van der Waals surface area contributed by atoms with E-state index < -0.39 is 36.0 Å². The molecule has 180 valence electrons. The molecule has 1 aromatic rings. The standard InChI is InChI=1S/C24H34BNO7/c1-22(2,3)31-21(29)26-15-9-12-18-11-7-8-13-19(18)25-32-23(4,5)24(6,33-25)14-10-16-30-17-20(27)28/h7-8,11,13H,10,14-17H2,1-6H3,(H,26,29)(H,27,28). The number of ether oxygens (including phenoxy) is 2. The molecule has 0 saturated carbocycles. The number of carboxylic acids is 1. The van der Waals surface area contributed by atoms with Gasteiger partial charge in [-0.3, -0.25) is 0 Å². The summed E-state index contributed by atoms with van der Waals surface area (Å²) in [5.41, 5.74) is -0.186. The first kappa shape index (κ1) is 26.7. The van der Waals surface area contributed by atoms with E-state index in [0.717, 1.165) is 11.0 Å². The van der Waals surface area contributed by atoms with E-state index in [1.54, 1.807) is 20.8 Å². The summed E-state index contributed by atoms with van der Waals surface area (Å²) in [6.45, 7) is 11.5. The van der Waals surface area contributed by atoms with Crippen LogP contribution in [0, 0.1) is 11.8 Å². The summed E-state index contributed by atoms with van der Waals surface area (Å²) in [5.74, 6) is 5.04. The smallest absolute Gasteiger partial charge is 0.480 e. The first-order valence-electron chi connectivity index (χ1n) is 11.0. The molecule has 0 spiro atoms. The molecule has 0 bridgehead atoms. The summed E-state index contributed by atoms with van der Waals surface area (Å²) in [6.07, 6.45) is 0.766. The molecule has 2 rings (SSSR count). The SMILES string of the molecule is CC(C)(C)OC(=O)NCC#Cc1ccccc1B1OC(C)(C)C(C)(CCCOCC(=O)O)O1. The van der Waals surface area contributed by atoms with Crippen molar-refractivity contribution in [2.24, 2.45) is 0 Å². The molecule has 33 heavy (non-hydrogen) atoms. The Balaban J connectivity index is 2.02. The number of rotatable bonds is 8. The van der Waals surface area contributed by atoms with Crippen molar-refractivity contribution in [1.82, 2.24) is 5.32 Å². The largest absolute Gasteiger partial charge is 0.496 e. The van der Waals surface area contributed by atoms with Crippen LogP contribution in [0.25, 0.3) is 0 Å². The molecule has 1 unspecified atom stereocenters. The third-order valence-corrected chi connectivity index (χ3v) is 5.37. The van der Waals surface area contributed by atoms with Gasteiger partial charge in [-0.25, -0.2) is 9.59 Å². The third kappa shape index (κ3) is 8.07. The van der Waals surface area contributed by atoms with Gasteiger partial charge in [-0.15, -0.1) is 0 Å². The average Bonchev–Trinajstić information content (AvgIpc) is 2.93. The van der Waals surface area contributed by atoms with Crippen LogP contribution in [-0.2, 0) is 23.6 Å². The maximum absolute atomic E-state index is 11.8. The van der Waals surface area contributed by atoms with Gasteiger partial charge >= 0.3 is 19.2 Å². The second kappa shape index (κ2) is 11.1. The minimum absolute atomic E-state index is 0.148. The second-order valence-corrected chi connectivity index (χ2v) is 9.60. The monoisotopic (exact) mass is 459 g/mol. The van der Waals surface area contributed by atoms with Gasteiger partial charge in [0.1, 0.15) is 12.2 Å². The Morgan fingerprint density at radius 3 is 2.55 bits per heavy atom. The molecule has 9 heteroatoms. The van der Waals surface area contributed by atoms with Gasteiger partial charge in [0.15, 0.2) is 0 Å². The van der Waals surface area contributed by atoms with Crippen molar-refractivity contribution in [2.45, 2.75) is 71.2 Å². The van der Waals surface area contributed by atoms with Gasteiger partial charge < -0.3 is 29.2 Å². The van der Waals surface area contributed by atoms with E-state index in [1.165, 1.54) is 0 Å². The highest BCUT2D eigenvalue weighted by molar-refractivity contribution is 6.62. The topological polar surface area (TPSA) is 103 Å². The Morgan fingerprint density at radius 2 is 1.88 bits per heavy atom. The summed E-state index contributed by atoms with van der Waals surface area (Å²) in [7, 11) is -0.603. The van der Waals surface area contributed by atoms with Crippen molar-refractivity contribution < 1.29 is 33.5 Å². The van der Waals surface area contributed by atoms with E-state index in [9.17, 15) is 9.59 Å². The molecule has 8 nitrogen and oxygen atoms in total. The first-order chi connectivity index (χ1) is 15.3.